The number of nitrogens with two attached hydrogens (primary N) is 2. The summed E-state index contributed by atoms with van der Waals surface area (Å²) in [6.07, 6.45) is 0.938. The summed E-state index contributed by atoms with van der Waals surface area (Å²) in [5.41, 5.74) is 11.2. The lowest BCUT2D eigenvalue weighted by Gasteiger charge is -2.39. The lowest BCUT2D eigenvalue weighted by atomic mass is 10.1. The van der Waals surface area contributed by atoms with E-state index in [1.165, 1.54) is 6.92 Å². The van der Waals surface area contributed by atoms with E-state index in [4.69, 9.17) is 11.6 Å². The Morgan fingerprint density at radius 1 is 1.10 bits per heavy atom. The van der Waals surface area contributed by atoms with Crippen LogP contribution in [-0.2, 0) is 4.79 Å². The zero-order valence-corrected chi connectivity index (χ0v) is 18.0. The van der Waals surface area contributed by atoms with Crippen LogP contribution in [0.2, 0.25) is 0 Å². The van der Waals surface area contributed by atoms with E-state index in [0.29, 0.717) is 11.1 Å². The summed E-state index contributed by atoms with van der Waals surface area (Å²) in [5, 5.41) is 3.61. The normalized spacial score (nSPS) is 16.1. The number of carbonyl (C=O) groups is 2. The molecule has 1 aliphatic heterocycles. The molecule has 1 fully saturated rings. The number of benzene rings is 2. The topological polar surface area (TPSA) is 117 Å². The van der Waals surface area contributed by atoms with E-state index < -0.39 is 0 Å². The Morgan fingerprint density at radius 2 is 1.71 bits per heavy atom. The van der Waals surface area contributed by atoms with Crippen LogP contribution in [0.5, 0.6) is 0 Å². The van der Waals surface area contributed by atoms with Gasteiger partial charge in [-0.25, -0.2) is 11.4 Å². The van der Waals surface area contributed by atoms with E-state index in [-0.39, 0.29) is 17.7 Å². The van der Waals surface area contributed by atoms with Gasteiger partial charge in [-0.3, -0.25) is 9.59 Å². The van der Waals surface area contributed by atoms with Gasteiger partial charge in [0, 0.05) is 42.5 Å². The van der Waals surface area contributed by atoms with Crippen LogP contribution in [0.25, 0.3) is 5.70 Å². The Labute approximate surface area is 183 Å². The first-order chi connectivity index (χ1) is 14.9. The predicted molar refractivity (Wildman–Crippen MR) is 124 cm³/mol. The van der Waals surface area contributed by atoms with Crippen molar-refractivity contribution in [3.63, 3.8) is 0 Å². The van der Waals surface area contributed by atoms with Crippen molar-refractivity contribution in [2.45, 2.75) is 19.9 Å². The van der Waals surface area contributed by atoms with Crippen LogP contribution in [0.15, 0.2) is 66.3 Å². The quantitative estimate of drug-likeness (QED) is 0.163. The summed E-state index contributed by atoms with van der Waals surface area (Å²) in [4.78, 5) is 25.9. The van der Waals surface area contributed by atoms with Crippen molar-refractivity contribution < 1.29 is 9.59 Å². The number of hydrazine groups is 1. The lowest BCUT2D eigenvalue weighted by molar-refractivity contribution is -0.121. The summed E-state index contributed by atoms with van der Waals surface area (Å²) >= 11 is 0. The van der Waals surface area contributed by atoms with E-state index in [1.54, 1.807) is 24.3 Å². The van der Waals surface area contributed by atoms with Crippen molar-refractivity contribution in [3.8, 4) is 0 Å². The molecular formula is C23H30N6O2. The van der Waals surface area contributed by atoms with Gasteiger partial charge in [-0.1, -0.05) is 61.2 Å². The first-order valence-corrected chi connectivity index (χ1v) is 9.97. The predicted octanol–water partition coefficient (Wildman–Crippen LogP) is 1.79. The van der Waals surface area contributed by atoms with Crippen molar-refractivity contribution in [3.05, 3.63) is 77.9 Å². The zero-order chi connectivity index (χ0) is 22.8. The number of rotatable bonds is 6. The van der Waals surface area contributed by atoms with Gasteiger partial charge in [0.15, 0.2) is 11.6 Å². The standard InChI is InChI=1S/C14H18N2O.C9H12N4O/c1-12-10-15(8-9-16(12)11-17)13(2)14-6-4-3-5-7-14;1-6(14)7-2-4-8(5-3-7)9(10)12-13-11/h3-7,11-12H,2,8-10H2,1H3;2-5,13H,11H2,1H3,(H2,10,12). The summed E-state index contributed by atoms with van der Waals surface area (Å²) in [6, 6.07) is 17.2. The first-order valence-electron chi connectivity index (χ1n) is 9.97. The van der Waals surface area contributed by atoms with Crippen LogP contribution < -0.4 is 17.1 Å². The molecule has 164 valence electrons. The molecule has 1 unspecified atom stereocenters. The highest BCUT2D eigenvalue weighted by Gasteiger charge is 2.23. The molecule has 5 N–H and O–H groups in total. The Hall–Kier alpha value is -3.65. The average Bonchev–Trinajstić information content (AvgIpc) is 2.79. The third-order valence-electron chi connectivity index (χ3n) is 5.08. The van der Waals surface area contributed by atoms with E-state index in [0.717, 1.165) is 37.3 Å². The highest BCUT2D eigenvalue weighted by atomic mass is 16.1. The lowest BCUT2D eigenvalue weighted by Crippen LogP contribution is -2.50. The summed E-state index contributed by atoms with van der Waals surface area (Å²) in [5.74, 6) is 5.27. The highest BCUT2D eigenvalue weighted by molar-refractivity contribution is 5.99. The van der Waals surface area contributed by atoms with Gasteiger partial charge in [-0.05, 0) is 19.4 Å². The van der Waals surface area contributed by atoms with E-state index in [1.807, 2.05) is 23.1 Å². The smallest absolute Gasteiger partial charge is 0.210 e. The number of Topliss-reactive ketones (excluding diaryl/α,β-unsaturated/α-hetero) is 1. The number of nitrogens with one attached hydrogen (secondary N) is 1. The maximum Gasteiger partial charge on any atom is 0.210 e. The average molecular weight is 423 g/mol. The van der Waals surface area contributed by atoms with Crippen molar-refractivity contribution in [1.29, 1.82) is 0 Å². The molecule has 1 saturated heterocycles. The Morgan fingerprint density at radius 3 is 2.23 bits per heavy atom. The number of amides is 1. The van der Waals surface area contributed by atoms with Crippen LogP contribution in [0, 0.1) is 0 Å². The number of ketones is 1. The molecule has 1 atom stereocenters. The number of hydrogen-bond donors (Lipinski definition) is 3. The molecule has 0 aromatic heterocycles. The van der Waals surface area contributed by atoms with Crippen molar-refractivity contribution >= 4 is 23.7 Å². The number of nitrogens with zero attached hydrogens (tertiary/aromatic N) is 3. The molecule has 0 bridgehead atoms. The van der Waals surface area contributed by atoms with Crippen LogP contribution in [0.3, 0.4) is 0 Å². The summed E-state index contributed by atoms with van der Waals surface area (Å²) in [7, 11) is 0. The van der Waals surface area contributed by atoms with E-state index in [2.05, 4.69) is 41.2 Å². The Bertz CT molecular complexity index is 911. The van der Waals surface area contributed by atoms with Gasteiger partial charge < -0.3 is 15.5 Å². The minimum atomic E-state index is 0.0176. The van der Waals surface area contributed by atoms with Crippen molar-refractivity contribution in [1.82, 2.24) is 15.3 Å². The van der Waals surface area contributed by atoms with Gasteiger partial charge in [0.1, 0.15) is 0 Å². The molecular weight excluding hydrogens is 392 g/mol. The van der Waals surface area contributed by atoms with Crippen LogP contribution in [0.1, 0.15) is 35.3 Å². The largest absolute Gasteiger partial charge is 0.382 e. The zero-order valence-electron chi connectivity index (χ0n) is 18.0. The SMILES string of the molecule is C=C(c1ccccc1)N1CCN(C=O)C(C)C1.CC(=O)c1ccc(/C(N)=N/NN)cc1. The second kappa shape index (κ2) is 11.5. The molecule has 0 saturated carbocycles. The van der Waals surface area contributed by atoms with Gasteiger partial charge in [-0.2, -0.15) is 0 Å². The summed E-state index contributed by atoms with van der Waals surface area (Å²) < 4.78 is 0. The number of amidine groups is 1. The fourth-order valence-corrected chi connectivity index (χ4v) is 3.20. The molecule has 1 amide bonds. The monoisotopic (exact) mass is 422 g/mol. The molecule has 3 rings (SSSR count). The summed E-state index contributed by atoms with van der Waals surface area (Å²) in [6.45, 7) is 10.2. The van der Waals surface area contributed by atoms with Gasteiger partial charge >= 0.3 is 0 Å². The van der Waals surface area contributed by atoms with Gasteiger partial charge in [0.25, 0.3) is 0 Å². The minimum absolute atomic E-state index is 0.0176. The van der Waals surface area contributed by atoms with E-state index in [9.17, 15) is 9.59 Å². The molecule has 8 nitrogen and oxygen atoms in total. The number of piperazine rings is 1. The van der Waals surface area contributed by atoms with Crippen LogP contribution >= 0.6 is 0 Å². The second-order valence-corrected chi connectivity index (χ2v) is 7.21. The van der Waals surface area contributed by atoms with Crippen molar-refractivity contribution in [2.24, 2.45) is 16.7 Å². The molecule has 2 aromatic rings. The maximum atomic E-state index is 11.0. The minimum Gasteiger partial charge on any atom is -0.382 e. The van der Waals surface area contributed by atoms with Crippen LogP contribution in [-0.4, -0.2) is 53.5 Å². The third kappa shape index (κ3) is 6.68. The molecule has 2 aromatic carbocycles. The van der Waals surface area contributed by atoms with Gasteiger partial charge in [0.05, 0.1) is 0 Å². The van der Waals surface area contributed by atoms with Crippen molar-refractivity contribution in [2.75, 3.05) is 19.6 Å². The number of hydrazone groups is 1. The fraction of sp³-hybridized carbons (Fsp3) is 0.261. The second-order valence-electron chi connectivity index (χ2n) is 7.21. The molecule has 31 heavy (non-hydrogen) atoms. The molecule has 1 aliphatic rings. The third-order valence-corrected chi connectivity index (χ3v) is 5.08. The Kier molecular flexibility index (Phi) is 8.78. The molecule has 0 radical (unpaired) electrons. The van der Waals surface area contributed by atoms with Crippen LogP contribution in [0.4, 0.5) is 0 Å². The first kappa shape index (κ1) is 23.6. The number of hydrogen-bond acceptors (Lipinski definition) is 6. The fourth-order valence-electron chi connectivity index (χ4n) is 3.20. The molecule has 0 spiro atoms. The molecule has 1 heterocycles. The highest BCUT2D eigenvalue weighted by Crippen LogP contribution is 2.20. The molecule has 0 aliphatic carbocycles. The van der Waals surface area contributed by atoms with Gasteiger partial charge in [-0.15, -0.1) is 5.10 Å². The molecule has 8 heteroatoms. The van der Waals surface area contributed by atoms with Gasteiger partial charge in [0.2, 0.25) is 6.41 Å². The Balaban J connectivity index is 0.000000225. The number of carbonyl (C=O) groups excluding carboxylic acids is 2. The van der Waals surface area contributed by atoms with E-state index >= 15 is 0 Å². The maximum absolute atomic E-state index is 11.0.